The van der Waals surface area contributed by atoms with Crippen molar-refractivity contribution in [2.75, 3.05) is 53.6 Å². The lowest BCUT2D eigenvalue weighted by molar-refractivity contribution is -0.139. The molecule has 7 nitrogen and oxygen atoms in total. The third-order valence-electron chi connectivity index (χ3n) is 5.55. The van der Waals surface area contributed by atoms with Gasteiger partial charge in [0.25, 0.3) is 0 Å². The maximum atomic E-state index is 12.4. The van der Waals surface area contributed by atoms with Crippen molar-refractivity contribution in [1.29, 1.82) is 0 Å². The maximum Gasteiger partial charge on any atom is 0.248 e. The number of hydrogen-bond donors (Lipinski definition) is 0. The van der Waals surface area contributed by atoms with Crippen LogP contribution in [0.25, 0.3) is 0 Å². The summed E-state index contributed by atoms with van der Waals surface area (Å²) in [4.78, 5) is 21.1. The molecule has 2 fully saturated rings. The number of hydrogen-bond acceptors (Lipinski definition) is 5. The van der Waals surface area contributed by atoms with Gasteiger partial charge in [-0.15, -0.1) is 0 Å². The van der Waals surface area contributed by atoms with E-state index in [0.29, 0.717) is 12.5 Å². The number of ether oxygens (including phenoxy) is 2. The quantitative estimate of drug-likeness (QED) is 0.690. The second-order valence-electron chi connectivity index (χ2n) is 7.94. The van der Waals surface area contributed by atoms with Crippen LogP contribution in [-0.4, -0.2) is 84.9 Å². The fourth-order valence-corrected chi connectivity index (χ4v) is 3.87. The number of likely N-dealkylation sites (tertiary alicyclic amines) is 1. The average Bonchev–Trinajstić information content (AvgIpc) is 3.16. The first-order valence-electron chi connectivity index (χ1n) is 10.3. The molecular formula is C20H34N4O3. The van der Waals surface area contributed by atoms with Crippen molar-refractivity contribution in [3.63, 3.8) is 0 Å². The molecule has 0 bridgehead atoms. The number of piperidine rings is 1. The molecule has 1 aromatic heterocycles. The highest BCUT2D eigenvalue weighted by Gasteiger charge is 2.26. The van der Waals surface area contributed by atoms with Gasteiger partial charge in [-0.05, 0) is 46.2 Å². The van der Waals surface area contributed by atoms with Crippen LogP contribution in [0.2, 0.25) is 0 Å². The Hall–Kier alpha value is -1.44. The summed E-state index contributed by atoms with van der Waals surface area (Å²) < 4.78 is 13.5. The van der Waals surface area contributed by atoms with Gasteiger partial charge >= 0.3 is 0 Å². The molecule has 3 heterocycles. The summed E-state index contributed by atoms with van der Waals surface area (Å²) in [6.45, 7) is 5.05. The maximum absolute atomic E-state index is 12.4. The minimum atomic E-state index is 0.0974. The largest absolute Gasteiger partial charge is 0.376 e. The minimum Gasteiger partial charge on any atom is -0.376 e. The SMILES string of the molecule is CN(C)CCn1ccnc1C1CCN(C(=O)COC[C@@H]2CCCCO2)CC1. The molecule has 0 spiro atoms. The first-order valence-corrected chi connectivity index (χ1v) is 10.3. The van der Waals surface area contributed by atoms with Gasteiger partial charge < -0.3 is 23.8 Å². The highest BCUT2D eigenvalue weighted by molar-refractivity contribution is 5.77. The van der Waals surface area contributed by atoms with Crippen molar-refractivity contribution < 1.29 is 14.3 Å². The van der Waals surface area contributed by atoms with E-state index < -0.39 is 0 Å². The summed E-state index contributed by atoms with van der Waals surface area (Å²) in [5.74, 6) is 1.69. The molecule has 2 saturated heterocycles. The summed E-state index contributed by atoms with van der Waals surface area (Å²) in [6.07, 6.45) is 9.43. The van der Waals surface area contributed by atoms with Crippen LogP contribution < -0.4 is 0 Å². The van der Waals surface area contributed by atoms with Crippen molar-refractivity contribution >= 4 is 5.91 Å². The van der Waals surface area contributed by atoms with Crippen LogP contribution in [0.15, 0.2) is 12.4 Å². The lowest BCUT2D eigenvalue weighted by Gasteiger charge is -2.32. The Morgan fingerprint density at radius 1 is 1.30 bits per heavy atom. The highest BCUT2D eigenvalue weighted by Crippen LogP contribution is 2.27. The normalized spacial score (nSPS) is 21.7. The number of amides is 1. The van der Waals surface area contributed by atoms with E-state index in [1.807, 2.05) is 11.1 Å². The van der Waals surface area contributed by atoms with Crippen molar-refractivity contribution in [1.82, 2.24) is 19.4 Å². The van der Waals surface area contributed by atoms with Crippen LogP contribution >= 0.6 is 0 Å². The molecule has 0 radical (unpaired) electrons. The van der Waals surface area contributed by atoms with E-state index in [1.54, 1.807) is 0 Å². The molecule has 2 aliphatic rings. The predicted octanol–water partition coefficient (Wildman–Crippen LogP) is 1.74. The Labute approximate surface area is 162 Å². The molecule has 1 amide bonds. The van der Waals surface area contributed by atoms with Gasteiger partial charge in [-0.1, -0.05) is 0 Å². The number of aromatic nitrogens is 2. The monoisotopic (exact) mass is 378 g/mol. The molecule has 1 aromatic rings. The lowest BCUT2D eigenvalue weighted by Crippen LogP contribution is -2.41. The molecule has 0 saturated carbocycles. The van der Waals surface area contributed by atoms with Gasteiger partial charge in [0.2, 0.25) is 5.91 Å². The number of imidazole rings is 1. The molecule has 0 aliphatic carbocycles. The summed E-state index contributed by atoms with van der Waals surface area (Å²) in [6, 6.07) is 0. The van der Waals surface area contributed by atoms with Gasteiger partial charge in [-0.2, -0.15) is 0 Å². The van der Waals surface area contributed by atoms with E-state index >= 15 is 0 Å². The molecule has 3 rings (SSSR count). The van der Waals surface area contributed by atoms with Crippen molar-refractivity contribution in [2.45, 2.75) is 50.7 Å². The van der Waals surface area contributed by atoms with E-state index in [4.69, 9.17) is 9.47 Å². The Bertz CT molecular complexity index is 576. The Kier molecular flexibility index (Phi) is 7.67. The van der Waals surface area contributed by atoms with E-state index in [2.05, 4.69) is 34.7 Å². The molecule has 2 aliphatic heterocycles. The minimum absolute atomic E-state index is 0.0974. The van der Waals surface area contributed by atoms with Gasteiger partial charge in [0, 0.05) is 51.1 Å². The van der Waals surface area contributed by atoms with Crippen molar-refractivity contribution in [3.05, 3.63) is 18.2 Å². The second-order valence-corrected chi connectivity index (χ2v) is 7.94. The third kappa shape index (κ3) is 6.02. The first-order chi connectivity index (χ1) is 13.1. The molecule has 7 heteroatoms. The highest BCUT2D eigenvalue weighted by atomic mass is 16.5. The molecule has 27 heavy (non-hydrogen) atoms. The number of nitrogens with zero attached hydrogens (tertiary/aromatic N) is 4. The molecule has 0 unspecified atom stereocenters. The Morgan fingerprint density at radius 3 is 2.81 bits per heavy atom. The van der Waals surface area contributed by atoms with Gasteiger partial charge in [0.1, 0.15) is 12.4 Å². The van der Waals surface area contributed by atoms with E-state index in [1.165, 1.54) is 6.42 Å². The van der Waals surface area contributed by atoms with Crippen molar-refractivity contribution in [3.8, 4) is 0 Å². The fraction of sp³-hybridized carbons (Fsp3) is 0.800. The number of carbonyl (C=O) groups is 1. The molecule has 1 atom stereocenters. The number of rotatable bonds is 8. The second kappa shape index (κ2) is 10.2. The molecule has 0 N–H and O–H groups in total. The van der Waals surface area contributed by atoms with Crippen LogP contribution in [-0.2, 0) is 20.8 Å². The third-order valence-corrected chi connectivity index (χ3v) is 5.55. The number of likely N-dealkylation sites (N-methyl/N-ethyl adjacent to an activating group) is 1. The molecule has 152 valence electrons. The standard InChI is InChI=1S/C20H34N4O3/c1-22(2)12-13-24-11-8-21-20(24)17-6-9-23(10-7-17)19(25)16-26-15-18-5-3-4-14-27-18/h8,11,17-18H,3-7,9-10,12-16H2,1-2H3/t18-/m0/s1. The van der Waals surface area contributed by atoms with Crippen LogP contribution in [0.4, 0.5) is 0 Å². The Balaban J connectivity index is 1.39. The summed E-state index contributed by atoms with van der Waals surface area (Å²) in [7, 11) is 4.17. The molecule has 0 aromatic carbocycles. The zero-order valence-electron chi connectivity index (χ0n) is 16.8. The van der Waals surface area contributed by atoms with Crippen LogP contribution in [0.3, 0.4) is 0 Å². The zero-order chi connectivity index (χ0) is 19.1. The summed E-state index contributed by atoms with van der Waals surface area (Å²) in [5, 5.41) is 0. The predicted molar refractivity (Wildman–Crippen MR) is 104 cm³/mol. The van der Waals surface area contributed by atoms with E-state index in [-0.39, 0.29) is 18.6 Å². The van der Waals surface area contributed by atoms with Gasteiger partial charge in [-0.3, -0.25) is 4.79 Å². The van der Waals surface area contributed by atoms with E-state index in [0.717, 1.165) is 64.3 Å². The van der Waals surface area contributed by atoms with Crippen LogP contribution in [0, 0.1) is 0 Å². The van der Waals surface area contributed by atoms with Crippen LogP contribution in [0.5, 0.6) is 0 Å². The van der Waals surface area contributed by atoms with Gasteiger partial charge in [0.15, 0.2) is 0 Å². The molecular weight excluding hydrogens is 344 g/mol. The fourth-order valence-electron chi connectivity index (χ4n) is 3.87. The lowest BCUT2D eigenvalue weighted by atomic mass is 9.96. The van der Waals surface area contributed by atoms with Crippen LogP contribution in [0.1, 0.15) is 43.8 Å². The average molecular weight is 379 g/mol. The first kappa shape index (κ1) is 20.3. The number of carbonyl (C=O) groups excluding carboxylic acids is 1. The topological polar surface area (TPSA) is 59.8 Å². The van der Waals surface area contributed by atoms with Gasteiger partial charge in [-0.25, -0.2) is 4.98 Å². The zero-order valence-corrected chi connectivity index (χ0v) is 16.8. The summed E-state index contributed by atoms with van der Waals surface area (Å²) >= 11 is 0. The smallest absolute Gasteiger partial charge is 0.248 e. The summed E-state index contributed by atoms with van der Waals surface area (Å²) in [5.41, 5.74) is 0. The van der Waals surface area contributed by atoms with E-state index in [9.17, 15) is 4.79 Å². The Morgan fingerprint density at radius 2 is 2.11 bits per heavy atom. The van der Waals surface area contributed by atoms with Crippen molar-refractivity contribution in [2.24, 2.45) is 0 Å². The van der Waals surface area contributed by atoms with Gasteiger partial charge in [0.05, 0.1) is 12.7 Å².